The Hall–Kier alpha value is -3.19. The first kappa shape index (κ1) is 27.4. The highest BCUT2D eigenvalue weighted by Crippen LogP contribution is 2.54. The summed E-state index contributed by atoms with van der Waals surface area (Å²) in [6.45, 7) is -1.30. The lowest BCUT2D eigenvalue weighted by molar-refractivity contribution is -0.0265. The Bertz CT molecular complexity index is 1340. The van der Waals surface area contributed by atoms with Gasteiger partial charge in [-0.15, -0.1) is 0 Å². The topological polar surface area (TPSA) is 111 Å². The van der Waals surface area contributed by atoms with Crippen molar-refractivity contribution in [3.63, 3.8) is 0 Å². The third kappa shape index (κ3) is 6.19. The van der Waals surface area contributed by atoms with Crippen LogP contribution >= 0.6 is 0 Å². The summed E-state index contributed by atoms with van der Waals surface area (Å²) in [6.07, 6.45) is 4.36. The average molecular weight is 569 g/mol. The SMILES string of the molecule is O=C(Nc1ccc(OCF)c(N2CC(F)(F)C2)c1)c1ccc(NS(=O)(=O)CCO)cc1N1CCC2(CC1)CC2. The number of hydrogen-bond donors (Lipinski definition) is 3. The lowest BCUT2D eigenvalue weighted by atomic mass is 9.93. The molecule has 3 fully saturated rings. The molecule has 0 radical (unpaired) electrons. The Balaban J connectivity index is 1.40. The molecular weight excluding hydrogens is 537 g/mol. The number of halogens is 3. The number of carbonyl (C=O) groups is 1. The molecule has 0 atom stereocenters. The number of nitrogens with one attached hydrogen (secondary N) is 2. The summed E-state index contributed by atoms with van der Waals surface area (Å²) in [7, 11) is -3.77. The van der Waals surface area contributed by atoms with Crippen LogP contribution in [0.4, 0.5) is 35.9 Å². The van der Waals surface area contributed by atoms with E-state index < -0.39 is 54.2 Å². The highest BCUT2D eigenvalue weighted by Gasteiger charge is 2.45. The van der Waals surface area contributed by atoms with Gasteiger partial charge in [0.2, 0.25) is 16.9 Å². The normalized spacial score (nSPS) is 19.4. The predicted octanol–water partition coefficient (Wildman–Crippen LogP) is 3.81. The second kappa shape index (κ2) is 10.4. The van der Waals surface area contributed by atoms with Crippen molar-refractivity contribution >= 4 is 38.7 Å². The molecular formula is C26H31F3N4O5S. The Morgan fingerprint density at radius 3 is 2.26 bits per heavy atom. The zero-order valence-electron chi connectivity index (χ0n) is 21.3. The number of anilines is 4. The van der Waals surface area contributed by atoms with Crippen LogP contribution in [-0.4, -0.2) is 70.8 Å². The number of rotatable bonds is 10. The van der Waals surface area contributed by atoms with Crippen molar-refractivity contribution in [1.82, 2.24) is 0 Å². The minimum atomic E-state index is -3.77. The summed E-state index contributed by atoms with van der Waals surface area (Å²) in [4.78, 5) is 16.9. The number of aliphatic hydroxyl groups excluding tert-OH is 1. The number of piperidine rings is 1. The summed E-state index contributed by atoms with van der Waals surface area (Å²) in [5.74, 6) is -3.69. The number of alkyl halides is 3. The Morgan fingerprint density at radius 1 is 0.974 bits per heavy atom. The van der Waals surface area contributed by atoms with Crippen LogP contribution in [0.3, 0.4) is 0 Å². The molecule has 1 aliphatic carbocycles. The molecule has 1 saturated carbocycles. The van der Waals surface area contributed by atoms with E-state index in [4.69, 9.17) is 9.84 Å². The van der Waals surface area contributed by atoms with Crippen molar-refractivity contribution in [2.45, 2.75) is 31.6 Å². The number of sulfonamides is 1. The van der Waals surface area contributed by atoms with Gasteiger partial charge in [-0.25, -0.2) is 21.6 Å². The summed E-state index contributed by atoms with van der Waals surface area (Å²) >= 11 is 0. The van der Waals surface area contributed by atoms with Crippen LogP contribution in [0.1, 0.15) is 36.0 Å². The number of aliphatic hydroxyl groups is 1. The fourth-order valence-electron chi connectivity index (χ4n) is 5.20. The van der Waals surface area contributed by atoms with E-state index >= 15 is 0 Å². The minimum absolute atomic E-state index is 0.0912. The molecule has 0 aromatic heterocycles. The minimum Gasteiger partial charge on any atom is -0.461 e. The van der Waals surface area contributed by atoms with Crippen molar-refractivity contribution in [1.29, 1.82) is 0 Å². The molecule has 2 saturated heterocycles. The van der Waals surface area contributed by atoms with Crippen molar-refractivity contribution < 1.29 is 36.2 Å². The van der Waals surface area contributed by atoms with E-state index in [0.717, 1.165) is 25.9 Å². The van der Waals surface area contributed by atoms with Crippen LogP contribution < -0.4 is 24.6 Å². The van der Waals surface area contributed by atoms with Gasteiger partial charge >= 0.3 is 0 Å². The number of nitrogens with zero attached hydrogens (tertiary/aromatic N) is 2. The highest BCUT2D eigenvalue weighted by atomic mass is 32.2. The molecule has 212 valence electrons. The lowest BCUT2D eigenvalue weighted by Gasteiger charge is -2.41. The number of ether oxygens (including phenoxy) is 1. The number of amides is 1. The average Bonchev–Trinajstić information content (AvgIpc) is 3.62. The zero-order valence-corrected chi connectivity index (χ0v) is 22.1. The smallest absolute Gasteiger partial charge is 0.282 e. The molecule has 39 heavy (non-hydrogen) atoms. The monoisotopic (exact) mass is 568 g/mol. The molecule has 2 heterocycles. The predicted molar refractivity (Wildman–Crippen MR) is 142 cm³/mol. The molecule has 1 spiro atoms. The van der Waals surface area contributed by atoms with E-state index in [1.165, 1.54) is 48.1 Å². The van der Waals surface area contributed by atoms with Gasteiger partial charge in [0.15, 0.2) is 0 Å². The van der Waals surface area contributed by atoms with E-state index in [0.29, 0.717) is 22.4 Å². The standard InChI is InChI=1S/C26H31F3N4O5S/c27-17-38-23-4-2-18(13-22(23)33-15-26(28,29)16-33)30-24(35)20-3-1-19(31-39(36,37)12-11-34)14-21(20)32-9-7-25(5-6-25)8-10-32/h1-4,13-14,31,34H,5-12,15-17H2,(H,30,35). The first-order valence-electron chi connectivity index (χ1n) is 12.8. The highest BCUT2D eigenvalue weighted by molar-refractivity contribution is 7.92. The van der Waals surface area contributed by atoms with Crippen LogP contribution in [0.15, 0.2) is 36.4 Å². The quantitative estimate of drug-likeness (QED) is 0.400. The van der Waals surface area contributed by atoms with E-state index in [2.05, 4.69) is 14.9 Å². The maximum atomic E-state index is 13.5. The molecule has 0 bridgehead atoms. The van der Waals surface area contributed by atoms with Crippen LogP contribution in [0, 0.1) is 5.41 Å². The Labute approximate surface area is 225 Å². The largest absolute Gasteiger partial charge is 0.461 e. The Kier molecular flexibility index (Phi) is 7.31. The van der Waals surface area contributed by atoms with Gasteiger partial charge in [-0.3, -0.25) is 9.52 Å². The van der Waals surface area contributed by atoms with E-state index in [1.54, 1.807) is 6.07 Å². The van der Waals surface area contributed by atoms with Crippen molar-refractivity contribution in [2.75, 3.05) is 65.2 Å². The van der Waals surface area contributed by atoms with Crippen molar-refractivity contribution in [3.05, 3.63) is 42.0 Å². The fraction of sp³-hybridized carbons (Fsp3) is 0.500. The molecule has 13 heteroatoms. The van der Waals surface area contributed by atoms with Crippen LogP contribution in [-0.2, 0) is 10.0 Å². The summed E-state index contributed by atoms with van der Waals surface area (Å²) in [5, 5.41) is 11.8. The van der Waals surface area contributed by atoms with E-state index in [-0.39, 0.29) is 17.1 Å². The number of benzene rings is 2. The van der Waals surface area contributed by atoms with E-state index in [9.17, 15) is 26.4 Å². The molecule has 0 unspecified atom stereocenters. The van der Waals surface area contributed by atoms with Gasteiger partial charge in [0.1, 0.15) is 5.75 Å². The fourth-order valence-corrected chi connectivity index (χ4v) is 6.03. The third-order valence-corrected chi connectivity index (χ3v) is 8.88. The Morgan fingerprint density at radius 2 is 1.64 bits per heavy atom. The van der Waals surface area contributed by atoms with Gasteiger partial charge in [-0.2, -0.15) is 0 Å². The summed E-state index contributed by atoms with van der Waals surface area (Å²) < 4.78 is 71.7. The molecule has 3 N–H and O–H groups in total. The molecule has 5 rings (SSSR count). The lowest BCUT2D eigenvalue weighted by Crippen LogP contribution is -2.56. The maximum Gasteiger partial charge on any atom is 0.282 e. The van der Waals surface area contributed by atoms with Crippen molar-refractivity contribution in [3.8, 4) is 5.75 Å². The first-order valence-corrected chi connectivity index (χ1v) is 14.4. The maximum absolute atomic E-state index is 13.5. The third-order valence-electron chi connectivity index (χ3n) is 7.61. The second-order valence-corrected chi connectivity index (χ2v) is 12.3. The first-order chi connectivity index (χ1) is 18.5. The van der Waals surface area contributed by atoms with Crippen LogP contribution in [0.25, 0.3) is 0 Å². The molecule has 3 aliphatic rings. The van der Waals surface area contributed by atoms with Gasteiger partial charge < -0.3 is 25.0 Å². The van der Waals surface area contributed by atoms with Crippen molar-refractivity contribution in [2.24, 2.45) is 5.41 Å². The van der Waals surface area contributed by atoms with Crippen LogP contribution in [0.5, 0.6) is 5.75 Å². The van der Waals surface area contributed by atoms with Gasteiger partial charge in [-0.05, 0) is 67.5 Å². The second-order valence-electron chi connectivity index (χ2n) is 10.5. The van der Waals surface area contributed by atoms with Gasteiger partial charge in [0.25, 0.3) is 11.8 Å². The molecule has 9 nitrogen and oxygen atoms in total. The van der Waals surface area contributed by atoms with Crippen LogP contribution in [0.2, 0.25) is 0 Å². The molecule has 2 aromatic rings. The summed E-state index contributed by atoms with van der Waals surface area (Å²) in [6, 6.07) is 9.00. The molecule has 1 amide bonds. The number of carbonyl (C=O) groups excluding carboxylic acids is 1. The number of hydrogen-bond acceptors (Lipinski definition) is 7. The van der Waals surface area contributed by atoms with Gasteiger partial charge in [0, 0.05) is 18.8 Å². The molecule has 2 aromatic carbocycles. The zero-order chi connectivity index (χ0) is 27.8. The summed E-state index contributed by atoms with van der Waals surface area (Å²) in [5.41, 5.74) is 2.09. The molecule has 2 aliphatic heterocycles. The van der Waals surface area contributed by atoms with Gasteiger partial charge in [-0.1, -0.05) is 0 Å². The van der Waals surface area contributed by atoms with Gasteiger partial charge in [0.05, 0.1) is 48.1 Å². The van der Waals surface area contributed by atoms with E-state index in [1.807, 2.05) is 0 Å².